The Balaban J connectivity index is 2.31. The summed E-state index contributed by atoms with van der Waals surface area (Å²) < 4.78 is 31.2. The number of nitrogens with one attached hydrogen (secondary N) is 1. The number of morpholine rings is 1. The van der Waals surface area contributed by atoms with Gasteiger partial charge in [0.15, 0.2) is 11.6 Å². The van der Waals surface area contributed by atoms with Gasteiger partial charge in [-0.15, -0.1) is 0 Å². The van der Waals surface area contributed by atoms with E-state index < -0.39 is 17.2 Å². The Bertz CT molecular complexity index is 362. The molecule has 4 heteroatoms. The molecular formula is C11H13F2NO. The zero-order chi connectivity index (χ0) is 10.9. The lowest BCUT2D eigenvalue weighted by atomic mass is 9.92. The maximum absolute atomic E-state index is 13.1. The van der Waals surface area contributed by atoms with Crippen LogP contribution in [-0.4, -0.2) is 19.8 Å². The van der Waals surface area contributed by atoms with E-state index in [1.807, 2.05) is 6.92 Å². The Morgan fingerprint density at radius 1 is 1.33 bits per heavy atom. The molecule has 1 saturated heterocycles. The van der Waals surface area contributed by atoms with Crippen LogP contribution in [0.3, 0.4) is 0 Å². The SMILES string of the molecule is C[C@@]1(c2ccc(F)c(F)c2)COCCN1. The average Bonchev–Trinajstić information content (AvgIpc) is 2.23. The summed E-state index contributed by atoms with van der Waals surface area (Å²) in [5, 5.41) is 3.24. The van der Waals surface area contributed by atoms with Crippen LogP contribution in [0.5, 0.6) is 0 Å². The van der Waals surface area contributed by atoms with Crippen molar-refractivity contribution in [1.82, 2.24) is 5.32 Å². The lowest BCUT2D eigenvalue weighted by Gasteiger charge is -2.35. The molecular weight excluding hydrogens is 200 g/mol. The molecule has 0 aromatic heterocycles. The number of hydrogen-bond acceptors (Lipinski definition) is 2. The lowest BCUT2D eigenvalue weighted by molar-refractivity contribution is 0.0337. The molecule has 1 N–H and O–H groups in total. The molecule has 1 aliphatic heterocycles. The maximum Gasteiger partial charge on any atom is 0.159 e. The van der Waals surface area contributed by atoms with Crippen LogP contribution in [0.2, 0.25) is 0 Å². The molecule has 0 spiro atoms. The second kappa shape index (κ2) is 3.87. The smallest absolute Gasteiger partial charge is 0.159 e. The lowest BCUT2D eigenvalue weighted by Crippen LogP contribution is -2.49. The number of benzene rings is 1. The molecule has 1 heterocycles. The topological polar surface area (TPSA) is 21.3 Å². The van der Waals surface area contributed by atoms with E-state index >= 15 is 0 Å². The zero-order valence-electron chi connectivity index (χ0n) is 8.52. The minimum atomic E-state index is -0.820. The van der Waals surface area contributed by atoms with Crippen LogP contribution in [0.25, 0.3) is 0 Å². The fourth-order valence-corrected chi connectivity index (χ4v) is 1.75. The van der Waals surface area contributed by atoms with E-state index in [0.717, 1.165) is 12.6 Å². The molecule has 2 rings (SSSR count). The van der Waals surface area contributed by atoms with E-state index in [9.17, 15) is 8.78 Å². The van der Waals surface area contributed by atoms with Crippen LogP contribution in [-0.2, 0) is 10.3 Å². The van der Waals surface area contributed by atoms with Crippen LogP contribution in [0.15, 0.2) is 18.2 Å². The van der Waals surface area contributed by atoms with Gasteiger partial charge in [-0.1, -0.05) is 6.07 Å². The first kappa shape index (κ1) is 10.5. The van der Waals surface area contributed by atoms with Gasteiger partial charge in [0.2, 0.25) is 0 Å². The molecule has 1 atom stereocenters. The van der Waals surface area contributed by atoms with Crippen LogP contribution in [0, 0.1) is 11.6 Å². The number of ether oxygens (including phenoxy) is 1. The third-order valence-corrected chi connectivity index (χ3v) is 2.71. The minimum Gasteiger partial charge on any atom is -0.378 e. The van der Waals surface area contributed by atoms with E-state index in [1.165, 1.54) is 6.07 Å². The van der Waals surface area contributed by atoms with Gasteiger partial charge >= 0.3 is 0 Å². The van der Waals surface area contributed by atoms with Crippen LogP contribution in [0.1, 0.15) is 12.5 Å². The summed E-state index contributed by atoms with van der Waals surface area (Å²) in [7, 11) is 0. The van der Waals surface area contributed by atoms with Crippen molar-refractivity contribution in [3.05, 3.63) is 35.4 Å². The molecule has 82 valence electrons. The standard InChI is InChI=1S/C11H13F2NO/c1-11(7-15-5-4-14-11)8-2-3-9(12)10(13)6-8/h2-3,6,14H,4-5,7H2,1H3/t11-/m0/s1. The van der Waals surface area contributed by atoms with E-state index in [2.05, 4.69) is 5.32 Å². The summed E-state index contributed by atoms with van der Waals surface area (Å²) in [5.41, 5.74) is 0.286. The predicted molar refractivity (Wildman–Crippen MR) is 52.5 cm³/mol. The maximum atomic E-state index is 13.1. The van der Waals surface area contributed by atoms with Gasteiger partial charge in [-0.25, -0.2) is 8.78 Å². The fourth-order valence-electron chi connectivity index (χ4n) is 1.75. The minimum absolute atomic E-state index is 0.424. The molecule has 2 nitrogen and oxygen atoms in total. The van der Waals surface area contributed by atoms with Gasteiger partial charge in [-0.2, -0.15) is 0 Å². The normalized spacial score (nSPS) is 26.6. The van der Waals surface area contributed by atoms with Crippen molar-refractivity contribution >= 4 is 0 Å². The molecule has 0 saturated carbocycles. The van der Waals surface area contributed by atoms with Crippen molar-refractivity contribution in [3.63, 3.8) is 0 Å². The Labute approximate surface area is 87.2 Å². The van der Waals surface area contributed by atoms with Gasteiger partial charge in [0.25, 0.3) is 0 Å². The molecule has 1 fully saturated rings. The van der Waals surface area contributed by atoms with Gasteiger partial charge in [0.1, 0.15) is 0 Å². The molecule has 0 radical (unpaired) electrons. The highest BCUT2D eigenvalue weighted by molar-refractivity contribution is 5.26. The monoisotopic (exact) mass is 213 g/mol. The van der Waals surface area contributed by atoms with E-state index in [-0.39, 0.29) is 0 Å². The van der Waals surface area contributed by atoms with Gasteiger partial charge < -0.3 is 10.1 Å². The van der Waals surface area contributed by atoms with Crippen molar-refractivity contribution < 1.29 is 13.5 Å². The average molecular weight is 213 g/mol. The van der Waals surface area contributed by atoms with Gasteiger partial charge in [-0.3, -0.25) is 0 Å². The van der Waals surface area contributed by atoms with Crippen LogP contribution < -0.4 is 5.32 Å². The Morgan fingerprint density at radius 2 is 2.13 bits per heavy atom. The highest BCUT2D eigenvalue weighted by Crippen LogP contribution is 2.24. The first-order chi connectivity index (χ1) is 7.12. The highest BCUT2D eigenvalue weighted by Gasteiger charge is 2.29. The summed E-state index contributed by atoms with van der Waals surface area (Å²) in [5.74, 6) is -1.64. The third kappa shape index (κ3) is 2.01. The first-order valence-electron chi connectivity index (χ1n) is 4.90. The van der Waals surface area contributed by atoms with E-state index in [0.29, 0.717) is 18.8 Å². The fraction of sp³-hybridized carbons (Fsp3) is 0.455. The highest BCUT2D eigenvalue weighted by atomic mass is 19.2. The third-order valence-electron chi connectivity index (χ3n) is 2.71. The summed E-state index contributed by atoms with van der Waals surface area (Å²) in [6.07, 6.45) is 0. The summed E-state index contributed by atoms with van der Waals surface area (Å²) in [4.78, 5) is 0. The summed E-state index contributed by atoms with van der Waals surface area (Å²) in [6, 6.07) is 3.95. The molecule has 1 aliphatic rings. The molecule has 1 aromatic carbocycles. The van der Waals surface area contributed by atoms with Gasteiger partial charge in [0, 0.05) is 6.54 Å². The number of rotatable bonds is 1. The van der Waals surface area contributed by atoms with Crippen molar-refractivity contribution in [3.8, 4) is 0 Å². The van der Waals surface area contributed by atoms with Crippen LogP contribution in [0.4, 0.5) is 8.78 Å². The van der Waals surface area contributed by atoms with E-state index in [1.54, 1.807) is 6.07 Å². The largest absolute Gasteiger partial charge is 0.378 e. The van der Waals surface area contributed by atoms with Gasteiger partial charge in [-0.05, 0) is 24.6 Å². The molecule has 0 aliphatic carbocycles. The quantitative estimate of drug-likeness (QED) is 0.768. The van der Waals surface area contributed by atoms with Gasteiger partial charge in [0.05, 0.1) is 18.8 Å². The Hall–Kier alpha value is -1.00. The number of hydrogen-bond donors (Lipinski definition) is 1. The van der Waals surface area contributed by atoms with Crippen molar-refractivity contribution in [2.24, 2.45) is 0 Å². The Morgan fingerprint density at radius 3 is 2.73 bits per heavy atom. The van der Waals surface area contributed by atoms with Crippen molar-refractivity contribution in [2.75, 3.05) is 19.8 Å². The second-order valence-corrected chi connectivity index (χ2v) is 3.94. The Kier molecular flexibility index (Phi) is 2.71. The van der Waals surface area contributed by atoms with Crippen molar-refractivity contribution in [2.45, 2.75) is 12.5 Å². The summed E-state index contributed by atoms with van der Waals surface area (Å²) >= 11 is 0. The zero-order valence-corrected chi connectivity index (χ0v) is 8.52. The summed E-state index contributed by atoms with van der Waals surface area (Å²) in [6.45, 7) is 3.76. The second-order valence-electron chi connectivity index (χ2n) is 3.94. The molecule has 1 aromatic rings. The molecule has 0 unspecified atom stereocenters. The van der Waals surface area contributed by atoms with Crippen molar-refractivity contribution in [1.29, 1.82) is 0 Å². The molecule has 0 amide bonds. The first-order valence-corrected chi connectivity index (χ1v) is 4.90. The van der Waals surface area contributed by atoms with E-state index in [4.69, 9.17) is 4.74 Å². The number of halogens is 2. The van der Waals surface area contributed by atoms with Crippen LogP contribution >= 0.6 is 0 Å². The molecule has 15 heavy (non-hydrogen) atoms. The predicted octanol–water partition coefficient (Wildman–Crippen LogP) is 1.80. The molecule has 0 bridgehead atoms.